The highest BCUT2D eigenvalue weighted by atomic mass is 127. The minimum Gasteiger partial charge on any atom is -0.280 e. The van der Waals surface area contributed by atoms with Gasteiger partial charge in [-0.3, -0.25) is 4.72 Å². The van der Waals surface area contributed by atoms with Gasteiger partial charge in [-0.25, -0.2) is 8.42 Å². The number of nitriles is 1. The zero-order chi connectivity index (χ0) is 14.8. The third kappa shape index (κ3) is 3.42. The average Bonchev–Trinajstić information content (AvgIpc) is 2.40. The van der Waals surface area contributed by atoms with Crippen molar-refractivity contribution < 1.29 is 8.42 Å². The standard InChI is InChI=1S/C13H8ClIN2O2S/c14-12-7-9(8-16)1-6-13(12)20(18,19)17-11-4-2-10(15)3-5-11/h1-7,17H. The highest BCUT2D eigenvalue weighted by molar-refractivity contribution is 14.1. The second kappa shape index (κ2) is 5.99. The smallest absolute Gasteiger partial charge is 0.263 e. The highest BCUT2D eigenvalue weighted by Crippen LogP contribution is 2.25. The number of benzene rings is 2. The van der Waals surface area contributed by atoms with E-state index in [0.29, 0.717) is 11.3 Å². The molecule has 0 aliphatic heterocycles. The van der Waals surface area contributed by atoms with Crippen molar-refractivity contribution in [3.63, 3.8) is 0 Å². The van der Waals surface area contributed by atoms with Gasteiger partial charge >= 0.3 is 0 Å². The number of rotatable bonds is 3. The van der Waals surface area contributed by atoms with Crippen LogP contribution in [0.1, 0.15) is 5.56 Å². The molecule has 0 aromatic heterocycles. The molecule has 0 radical (unpaired) electrons. The summed E-state index contributed by atoms with van der Waals surface area (Å²) in [6.07, 6.45) is 0. The second-order valence-corrected chi connectivity index (χ2v) is 7.17. The monoisotopic (exact) mass is 418 g/mol. The summed E-state index contributed by atoms with van der Waals surface area (Å²) in [6.45, 7) is 0. The van der Waals surface area contributed by atoms with Crippen LogP contribution in [0.3, 0.4) is 0 Å². The van der Waals surface area contributed by atoms with E-state index in [1.54, 1.807) is 24.3 Å². The molecule has 1 N–H and O–H groups in total. The molecule has 2 aromatic carbocycles. The van der Waals surface area contributed by atoms with Gasteiger partial charge < -0.3 is 0 Å². The van der Waals surface area contributed by atoms with Gasteiger partial charge in [-0.15, -0.1) is 0 Å². The first-order chi connectivity index (χ1) is 9.42. The van der Waals surface area contributed by atoms with Gasteiger partial charge in [0.05, 0.1) is 16.7 Å². The maximum Gasteiger partial charge on any atom is 0.263 e. The van der Waals surface area contributed by atoms with E-state index in [-0.39, 0.29) is 9.92 Å². The summed E-state index contributed by atoms with van der Waals surface area (Å²) in [5, 5.41) is 8.76. The van der Waals surface area contributed by atoms with E-state index in [9.17, 15) is 8.42 Å². The first kappa shape index (κ1) is 15.1. The molecule has 4 nitrogen and oxygen atoms in total. The van der Waals surface area contributed by atoms with E-state index >= 15 is 0 Å². The van der Waals surface area contributed by atoms with Crippen LogP contribution in [0.5, 0.6) is 0 Å². The van der Waals surface area contributed by atoms with Gasteiger partial charge in [0.15, 0.2) is 0 Å². The van der Waals surface area contributed by atoms with Crippen molar-refractivity contribution in [3.05, 3.63) is 56.6 Å². The van der Waals surface area contributed by atoms with Crippen LogP contribution in [0, 0.1) is 14.9 Å². The second-order valence-electron chi connectivity index (χ2n) is 3.87. The lowest BCUT2D eigenvalue weighted by atomic mass is 10.2. The number of nitrogens with one attached hydrogen (secondary N) is 1. The lowest BCUT2D eigenvalue weighted by molar-refractivity contribution is 0.601. The molecule has 0 saturated heterocycles. The Bertz CT molecular complexity index is 783. The largest absolute Gasteiger partial charge is 0.280 e. The van der Waals surface area contributed by atoms with Gasteiger partial charge in [-0.2, -0.15) is 5.26 Å². The zero-order valence-corrected chi connectivity index (χ0v) is 13.7. The van der Waals surface area contributed by atoms with Crippen LogP contribution in [0.15, 0.2) is 47.4 Å². The average molecular weight is 419 g/mol. The number of hydrogen-bond donors (Lipinski definition) is 1. The summed E-state index contributed by atoms with van der Waals surface area (Å²) in [7, 11) is -3.78. The molecule has 0 fully saturated rings. The topological polar surface area (TPSA) is 70.0 Å². The van der Waals surface area contributed by atoms with Crippen molar-refractivity contribution in [1.29, 1.82) is 5.26 Å². The van der Waals surface area contributed by atoms with Gasteiger partial charge in [-0.05, 0) is 65.1 Å². The normalized spacial score (nSPS) is 10.8. The highest BCUT2D eigenvalue weighted by Gasteiger charge is 2.18. The number of sulfonamides is 1. The van der Waals surface area contributed by atoms with E-state index < -0.39 is 10.0 Å². The van der Waals surface area contributed by atoms with Crippen molar-refractivity contribution in [2.24, 2.45) is 0 Å². The van der Waals surface area contributed by atoms with E-state index in [4.69, 9.17) is 16.9 Å². The molecule has 0 spiro atoms. The Morgan fingerprint density at radius 1 is 1.15 bits per heavy atom. The van der Waals surface area contributed by atoms with Crippen LogP contribution in [-0.2, 0) is 10.0 Å². The molecule has 2 aromatic rings. The first-order valence-electron chi connectivity index (χ1n) is 5.40. The molecule has 20 heavy (non-hydrogen) atoms. The molecule has 2 rings (SSSR count). The molecular weight excluding hydrogens is 411 g/mol. The summed E-state index contributed by atoms with van der Waals surface area (Å²) in [5.74, 6) is 0. The fourth-order valence-corrected chi connectivity index (χ4v) is 3.48. The Morgan fingerprint density at radius 3 is 2.35 bits per heavy atom. The van der Waals surface area contributed by atoms with Crippen molar-refractivity contribution in [3.8, 4) is 6.07 Å². The van der Waals surface area contributed by atoms with E-state index in [1.165, 1.54) is 18.2 Å². The molecule has 0 amide bonds. The van der Waals surface area contributed by atoms with Crippen LogP contribution in [0.2, 0.25) is 5.02 Å². The van der Waals surface area contributed by atoms with Gasteiger partial charge in [0.1, 0.15) is 4.90 Å². The molecule has 0 aliphatic rings. The molecule has 0 heterocycles. The fourth-order valence-electron chi connectivity index (χ4n) is 1.52. The van der Waals surface area contributed by atoms with Crippen LogP contribution in [-0.4, -0.2) is 8.42 Å². The summed E-state index contributed by atoms with van der Waals surface area (Å²) in [6, 6.07) is 12.9. The summed E-state index contributed by atoms with van der Waals surface area (Å²) < 4.78 is 27.9. The minimum absolute atomic E-state index is 0.0158. The summed E-state index contributed by atoms with van der Waals surface area (Å²) in [5.41, 5.74) is 0.758. The van der Waals surface area contributed by atoms with Crippen molar-refractivity contribution >= 4 is 49.9 Å². The predicted octanol–water partition coefficient (Wildman–Crippen LogP) is 3.62. The number of nitrogens with zero attached hydrogens (tertiary/aromatic N) is 1. The summed E-state index contributed by atoms with van der Waals surface area (Å²) >= 11 is 8.04. The fraction of sp³-hybridized carbons (Fsp3) is 0. The lowest BCUT2D eigenvalue weighted by Crippen LogP contribution is -2.13. The quantitative estimate of drug-likeness (QED) is 0.774. The van der Waals surface area contributed by atoms with E-state index in [0.717, 1.165) is 3.57 Å². The van der Waals surface area contributed by atoms with Crippen molar-refractivity contribution in [2.75, 3.05) is 4.72 Å². The van der Waals surface area contributed by atoms with Gasteiger partial charge in [0, 0.05) is 9.26 Å². The number of halogens is 2. The maximum absolute atomic E-state index is 12.2. The number of hydrogen-bond acceptors (Lipinski definition) is 3. The Hall–Kier alpha value is -1.30. The molecular formula is C13H8ClIN2O2S. The molecule has 0 bridgehead atoms. The summed E-state index contributed by atoms with van der Waals surface area (Å²) in [4.78, 5) is -0.0586. The predicted molar refractivity (Wildman–Crippen MR) is 86.1 cm³/mol. The van der Waals surface area contributed by atoms with Crippen molar-refractivity contribution in [2.45, 2.75) is 4.90 Å². The van der Waals surface area contributed by atoms with Crippen molar-refractivity contribution in [1.82, 2.24) is 0 Å². The Kier molecular flexibility index (Phi) is 4.52. The SMILES string of the molecule is N#Cc1ccc(S(=O)(=O)Nc2ccc(I)cc2)c(Cl)c1. The molecule has 7 heteroatoms. The molecule has 102 valence electrons. The Morgan fingerprint density at radius 2 is 1.80 bits per heavy atom. The molecule has 0 saturated carbocycles. The first-order valence-corrected chi connectivity index (χ1v) is 8.34. The van der Waals surface area contributed by atoms with Gasteiger partial charge in [-0.1, -0.05) is 11.6 Å². The Balaban J connectivity index is 2.36. The number of anilines is 1. The maximum atomic E-state index is 12.2. The molecule has 0 atom stereocenters. The zero-order valence-electron chi connectivity index (χ0n) is 9.97. The molecule has 0 unspecified atom stereocenters. The van der Waals surface area contributed by atoms with Crippen LogP contribution in [0.25, 0.3) is 0 Å². The van der Waals surface area contributed by atoms with Crippen LogP contribution in [0.4, 0.5) is 5.69 Å². The van der Waals surface area contributed by atoms with Gasteiger partial charge in [0.2, 0.25) is 0 Å². The van der Waals surface area contributed by atoms with E-state index in [1.807, 2.05) is 6.07 Å². The third-order valence-electron chi connectivity index (χ3n) is 2.45. The molecule has 0 aliphatic carbocycles. The van der Waals surface area contributed by atoms with Crippen LogP contribution >= 0.6 is 34.2 Å². The minimum atomic E-state index is -3.78. The third-order valence-corrected chi connectivity index (χ3v) is 5.03. The van der Waals surface area contributed by atoms with E-state index in [2.05, 4.69) is 27.3 Å². The lowest BCUT2D eigenvalue weighted by Gasteiger charge is -2.09. The van der Waals surface area contributed by atoms with Crippen LogP contribution < -0.4 is 4.72 Å². The van der Waals surface area contributed by atoms with Gasteiger partial charge in [0.25, 0.3) is 10.0 Å². The Labute approximate surface area is 135 Å².